The highest BCUT2D eigenvalue weighted by atomic mass is 19.1. The Labute approximate surface area is 99.8 Å². The molecule has 0 aliphatic heterocycles. The molecule has 1 aliphatic rings. The highest BCUT2D eigenvalue weighted by molar-refractivity contribution is 5.83. The molecule has 0 heterocycles. The first-order chi connectivity index (χ1) is 8.06. The lowest BCUT2D eigenvalue weighted by atomic mass is 9.95. The number of hydrogen-bond donors (Lipinski definition) is 0. The van der Waals surface area contributed by atoms with Gasteiger partial charge in [-0.2, -0.15) is 0 Å². The van der Waals surface area contributed by atoms with Crippen LogP contribution in [-0.4, -0.2) is 5.78 Å². The summed E-state index contributed by atoms with van der Waals surface area (Å²) in [5.74, 6) is -0.492. The normalized spacial score (nSPS) is 23.9. The summed E-state index contributed by atoms with van der Waals surface area (Å²) in [7, 11) is 0. The first kappa shape index (κ1) is 12.2. The Morgan fingerprint density at radius 1 is 1.35 bits per heavy atom. The van der Waals surface area contributed by atoms with Crippen LogP contribution in [-0.2, 0) is 11.2 Å². The maximum atomic E-state index is 13.4. The molecule has 92 valence electrons. The smallest absolute Gasteiger partial charge is 0.140 e. The molecular weight excluding hydrogens is 222 g/mol. The topological polar surface area (TPSA) is 17.1 Å². The number of ketones is 1. The second-order valence-corrected chi connectivity index (χ2v) is 4.99. The molecule has 2 atom stereocenters. The molecule has 3 heteroatoms. The van der Waals surface area contributed by atoms with E-state index in [2.05, 4.69) is 6.92 Å². The summed E-state index contributed by atoms with van der Waals surface area (Å²) in [5.41, 5.74) is 0.302. The second kappa shape index (κ2) is 4.94. The van der Waals surface area contributed by atoms with Crippen LogP contribution in [0.4, 0.5) is 8.78 Å². The van der Waals surface area contributed by atoms with Crippen molar-refractivity contribution in [1.82, 2.24) is 0 Å². The molecule has 1 aliphatic carbocycles. The van der Waals surface area contributed by atoms with Crippen LogP contribution in [0.3, 0.4) is 0 Å². The predicted molar refractivity (Wildman–Crippen MR) is 61.6 cm³/mol. The first-order valence-corrected chi connectivity index (χ1v) is 6.03. The van der Waals surface area contributed by atoms with Crippen molar-refractivity contribution in [2.75, 3.05) is 0 Å². The molecule has 0 spiro atoms. The van der Waals surface area contributed by atoms with Crippen molar-refractivity contribution < 1.29 is 13.6 Å². The molecule has 0 amide bonds. The Morgan fingerprint density at radius 2 is 2.12 bits per heavy atom. The average molecular weight is 238 g/mol. The van der Waals surface area contributed by atoms with Crippen molar-refractivity contribution in [3.63, 3.8) is 0 Å². The Kier molecular flexibility index (Phi) is 3.55. The van der Waals surface area contributed by atoms with E-state index >= 15 is 0 Å². The lowest BCUT2D eigenvalue weighted by molar-refractivity contribution is -0.122. The van der Waals surface area contributed by atoms with Gasteiger partial charge in [-0.3, -0.25) is 4.79 Å². The minimum absolute atomic E-state index is 0.0643. The van der Waals surface area contributed by atoms with Gasteiger partial charge >= 0.3 is 0 Å². The zero-order valence-corrected chi connectivity index (χ0v) is 9.88. The van der Waals surface area contributed by atoms with E-state index < -0.39 is 11.6 Å². The van der Waals surface area contributed by atoms with Crippen LogP contribution in [0, 0.1) is 23.5 Å². The first-order valence-electron chi connectivity index (χ1n) is 6.03. The number of hydrogen-bond acceptors (Lipinski definition) is 1. The van der Waals surface area contributed by atoms with Crippen molar-refractivity contribution in [2.45, 2.75) is 32.6 Å². The van der Waals surface area contributed by atoms with E-state index in [1.165, 1.54) is 12.1 Å². The fourth-order valence-corrected chi connectivity index (χ4v) is 2.50. The summed E-state index contributed by atoms with van der Waals surface area (Å²) in [4.78, 5) is 11.9. The van der Waals surface area contributed by atoms with Crippen LogP contribution < -0.4 is 0 Å². The van der Waals surface area contributed by atoms with Crippen LogP contribution in [0.15, 0.2) is 18.2 Å². The van der Waals surface area contributed by atoms with Crippen molar-refractivity contribution in [3.05, 3.63) is 35.4 Å². The van der Waals surface area contributed by atoms with Gasteiger partial charge in [-0.05, 0) is 36.8 Å². The predicted octanol–water partition coefficient (Wildman–Crippen LogP) is 3.51. The molecule has 0 N–H and O–H groups in total. The Bertz CT molecular complexity index is 428. The molecule has 1 saturated carbocycles. The van der Waals surface area contributed by atoms with E-state index in [4.69, 9.17) is 0 Å². The fraction of sp³-hybridized carbons (Fsp3) is 0.500. The average Bonchev–Trinajstić information content (AvgIpc) is 2.69. The van der Waals surface area contributed by atoms with Crippen LogP contribution >= 0.6 is 0 Å². The summed E-state index contributed by atoms with van der Waals surface area (Å²) >= 11 is 0. The molecule has 0 aromatic heterocycles. The van der Waals surface area contributed by atoms with E-state index in [9.17, 15) is 13.6 Å². The summed E-state index contributed by atoms with van der Waals surface area (Å²) in [6.07, 6.45) is 2.97. The van der Waals surface area contributed by atoms with Crippen molar-refractivity contribution in [2.24, 2.45) is 11.8 Å². The third-order valence-corrected chi connectivity index (χ3v) is 3.53. The van der Waals surface area contributed by atoms with Gasteiger partial charge in [0.25, 0.3) is 0 Å². The highest BCUT2D eigenvalue weighted by Crippen LogP contribution is 2.31. The number of carbonyl (C=O) groups is 1. The number of Topliss-reactive ketones (excluding diaryl/α,β-unsaturated/α-hetero) is 1. The molecular formula is C14H16F2O. The molecule has 1 fully saturated rings. The van der Waals surface area contributed by atoms with Crippen molar-refractivity contribution >= 4 is 5.78 Å². The molecule has 1 aromatic carbocycles. The summed E-state index contributed by atoms with van der Waals surface area (Å²) in [6.45, 7) is 2.13. The van der Waals surface area contributed by atoms with Gasteiger partial charge < -0.3 is 0 Å². The second-order valence-electron chi connectivity index (χ2n) is 4.99. The molecule has 0 bridgehead atoms. The summed E-state index contributed by atoms with van der Waals surface area (Å²) < 4.78 is 26.1. The van der Waals surface area contributed by atoms with Gasteiger partial charge in [-0.25, -0.2) is 8.78 Å². The third kappa shape index (κ3) is 2.90. The zero-order chi connectivity index (χ0) is 12.4. The number of carbonyl (C=O) groups excluding carboxylic acids is 1. The highest BCUT2D eigenvalue weighted by Gasteiger charge is 2.27. The van der Waals surface area contributed by atoms with Gasteiger partial charge in [0.05, 0.1) is 0 Å². The Morgan fingerprint density at radius 3 is 2.71 bits per heavy atom. The molecule has 17 heavy (non-hydrogen) atoms. The molecule has 0 radical (unpaired) electrons. The molecule has 2 rings (SSSR count). The van der Waals surface area contributed by atoms with Gasteiger partial charge in [0.2, 0.25) is 0 Å². The number of halogens is 2. The van der Waals surface area contributed by atoms with Crippen LogP contribution in [0.25, 0.3) is 0 Å². The van der Waals surface area contributed by atoms with E-state index in [0.29, 0.717) is 11.5 Å². The van der Waals surface area contributed by atoms with Crippen LogP contribution in [0.2, 0.25) is 0 Å². The molecule has 0 saturated heterocycles. The fourth-order valence-electron chi connectivity index (χ4n) is 2.50. The van der Waals surface area contributed by atoms with Crippen LogP contribution in [0.5, 0.6) is 0 Å². The molecule has 2 unspecified atom stereocenters. The van der Waals surface area contributed by atoms with Gasteiger partial charge in [-0.1, -0.05) is 13.0 Å². The van der Waals surface area contributed by atoms with Gasteiger partial charge in [0.1, 0.15) is 17.4 Å². The maximum absolute atomic E-state index is 13.4. The lowest BCUT2D eigenvalue weighted by Crippen LogP contribution is -2.14. The monoisotopic (exact) mass is 238 g/mol. The van der Waals surface area contributed by atoms with E-state index in [1.54, 1.807) is 0 Å². The van der Waals surface area contributed by atoms with Crippen molar-refractivity contribution in [3.8, 4) is 0 Å². The van der Waals surface area contributed by atoms with Gasteiger partial charge in [-0.15, -0.1) is 0 Å². The Hall–Kier alpha value is -1.25. The Balaban J connectivity index is 2.03. The standard InChI is InChI=1S/C14H16F2O/c1-9-2-3-11(6-9)14(17)7-10-4-5-12(15)8-13(10)16/h4-5,8-9,11H,2-3,6-7H2,1H3. The largest absolute Gasteiger partial charge is 0.299 e. The van der Waals surface area contributed by atoms with Gasteiger partial charge in [0, 0.05) is 18.4 Å². The number of benzene rings is 1. The maximum Gasteiger partial charge on any atom is 0.140 e. The minimum Gasteiger partial charge on any atom is -0.299 e. The van der Waals surface area contributed by atoms with Crippen LogP contribution in [0.1, 0.15) is 31.7 Å². The van der Waals surface area contributed by atoms with E-state index in [0.717, 1.165) is 25.3 Å². The molecule has 1 aromatic rings. The summed E-state index contributed by atoms with van der Waals surface area (Å²) in [6, 6.07) is 3.39. The van der Waals surface area contributed by atoms with E-state index in [-0.39, 0.29) is 18.1 Å². The molecule has 1 nitrogen and oxygen atoms in total. The SMILES string of the molecule is CC1CCC(C(=O)Cc2ccc(F)cc2F)C1. The summed E-state index contributed by atoms with van der Waals surface area (Å²) in [5, 5.41) is 0. The lowest BCUT2D eigenvalue weighted by Gasteiger charge is -2.09. The quantitative estimate of drug-likeness (QED) is 0.787. The number of rotatable bonds is 3. The van der Waals surface area contributed by atoms with E-state index in [1.807, 2.05) is 0 Å². The zero-order valence-electron chi connectivity index (χ0n) is 9.88. The van der Waals surface area contributed by atoms with Gasteiger partial charge in [0.15, 0.2) is 0 Å². The third-order valence-electron chi connectivity index (χ3n) is 3.53. The minimum atomic E-state index is -0.621. The van der Waals surface area contributed by atoms with Crippen molar-refractivity contribution in [1.29, 1.82) is 0 Å².